The van der Waals surface area contributed by atoms with Crippen molar-refractivity contribution in [3.8, 4) is 0 Å². The van der Waals surface area contributed by atoms with E-state index in [2.05, 4.69) is 4.98 Å². The van der Waals surface area contributed by atoms with Gasteiger partial charge in [0.2, 0.25) is 0 Å². The molecule has 104 valence electrons. The van der Waals surface area contributed by atoms with Gasteiger partial charge in [-0.3, -0.25) is 4.79 Å². The zero-order chi connectivity index (χ0) is 13.9. The van der Waals surface area contributed by atoms with Crippen molar-refractivity contribution >= 4 is 5.91 Å². The van der Waals surface area contributed by atoms with Gasteiger partial charge in [-0.2, -0.15) is 0 Å². The first kappa shape index (κ1) is 12.9. The molecule has 1 aliphatic rings. The van der Waals surface area contributed by atoms with Crippen LogP contribution >= 0.6 is 0 Å². The molecule has 1 aromatic carbocycles. The van der Waals surface area contributed by atoms with Crippen molar-refractivity contribution < 1.29 is 9.90 Å². The molecule has 1 aromatic heterocycles. The molecule has 1 unspecified atom stereocenters. The molecule has 2 heterocycles. The summed E-state index contributed by atoms with van der Waals surface area (Å²) in [7, 11) is 0. The number of fused-ring (bicyclic) bond motifs is 1. The first-order valence-corrected chi connectivity index (χ1v) is 6.81. The number of unbranched alkanes of at least 4 members (excludes halogenated alkanes) is 1. The number of hydrogen-bond acceptors (Lipinski definition) is 3. The Bertz CT molecular complexity index is 595. The third-order valence-corrected chi connectivity index (χ3v) is 3.65. The summed E-state index contributed by atoms with van der Waals surface area (Å²) in [4.78, 5) is 17.7. The van der Waals surface area contributed by atoms with Crippen LogP contribution in [0.1, 0.15) is 35.0 Å². The van der Waals surface area contributed by atoms with E-state index in [-0.39, 0.29) is 5.91 Å². The van der Waals surface area contributed by atoms with E-state index >= 15 is 0 Å². The summed E-state index contributed by atoms with van der Waals surface area (Å²) in [5.74, 6) is -0.0734. The van der Waals surface area contributed by atoms with E-state index in [1.807, 2.05) is 29.0 Å². The molecule has 0 aliphatic carbocycles. The summed E-state index contributed by atoms with van der Waals surface area (Å²) in [6.07, 6.45) is 6.46. The normalized spacial score (nSPS) is 17.6. The maximum Gasteiger partial charge on any atom is 0.256 e. The van der Waals surface area contributed by atoms with Crippen molar-refractivity contribution in [2.24, 2.45) is 0 Å². The van der Waals surface area contributed by atoms with Crippen LogP contribution in [0.5, 0.6) is 0 Å². The molecule has 2 aromatic rings. The van der Waals surface area contributed by atoms with E-state index in [0.717, 1.165) is 19.4 Å². The number of benzene rings is 1. The molecule has 0 saturated heterocycles. The topological polar surface area (TPSA) is 58.4 Å². The zero-order valence-electron chi connectivity index (χ0n) is 11.1. The fraction of sp³-hybridized carbons (Fsp3) is 0.333. The van der Waals surface area contributed by atoms with Gasteiger partial charge in [-0.05, 0) is 18.9 Å². The average molecular weight is 271 g/mol. The van der Waals surface area contributed by atoms with E-state index in [9.17, 15) is 9.90 Å². The van der Waals surface area contributed by atoms with Gasteiger partial charge in [-0.1, -0.05) is 18.2 Å². The standard InChI is InChI=1S/C15H17N3O2/c19-14-12-5-1-2-6-13(12)15(20)18(14)9-4-3-8-17-10-7-16-11-17/h1-2,5-7,10-11,14,19H,3-4,8-9H2. The number of aliphatic hydroxyl groups excluding tert-OH is 1. The highest BCUT2D eigenvalue weighted by Crippen LogP contribution is 2.31. The molecule has 0 fully saturated rings. The lowest BCUT2D eigenvalue weighted by atomic mass is 10.1. The zero-order valence-corrected chi connectivity index (χ0v) is 11.1. The van der Waals surface area contributed by atoms with Gasteiger partial charge in [0, 0.05) is 36.6 Å². The summed E-state index contributed by atoms with van der Waals surface area (Å²) in [6.45, 7) is 1.45. The Kier molecular flexibility index (Phi) is 3.52. The summed E-state index contributed by atoms with van der Waals surface area (Å²) in [5.41, 5.74) is 1.33. The van der Waals surface area contributed by atoms with Crippen LogP contribution in [0.4, 0.5) is 0 Å². The number of aliphatic hydroxyl groups is 1. The molecular formula is C15H17N3O2. The maximum atomic E-state index is 12.2. The number of aromatic nitrogens is 2. The van der Waals surface area contributed by atoms with Crippen LogP contribution < -0.4 is 0 Å². The molecule has 0 bridgehead atoms. The summed E-state index contributed by atoms with van der Waals surface area (Å²) < 4.78 is 2.01. The second-order valence-electron chi connectivity index (χ2n) is 4.97. The lowest BCUT2D eigenvalue weighted by Crippen LogP contribution is -2.29. The second-order valence-corrected chi connectivity index (χ2v) is 4.97. The number of carbonyl (C=O) groups excluding carboxylic acids is 1. The number of carbonyl (C=O) groups is 1. The minimum Gasteiger partial charge on any atom is -0.369 e. The number of amides is 1. The molecule has 0 radical (unpaired) electrons. The monoisotopic (exact) mass is 271 g/mol. The van der Waals surface area contributed by atoms with Gasteiger partial charge in [0.25, 0.3) is 5.91 Å². The van der Waals surface area contributed by atoms with Crippen LogP contribution in [0, 0.1) is 0 Å². The number of rotatable bonds is 5. The summed E-state index contributed by atoms with van der Waals surface area (Å²) >= 11 is 0. The number of nitrogens with zero attached hydrogens (tertiary/aromatic N) is 3. The first-order valence-electron chi connectivity index (χ1n) is 6.81. The van der Waals surface area contributed by atoms with Crippen LogP contribution in [0.2, 0.25) is 0 Å². The van der Waals surface area contributed by atoms with Gasteiger partial charge in [0.15, 0.2) is 6.23 Å². The maximum absolute atomic E-state index is 12.2. The van der Waals surface area contributed by atoms with Gasteiger partial charge in [0.1, 0.15) is 0 Å². The molecule has 5 nitrogen and oxygen atoms in total. The molecule has 20 heavy (non-hydrogen) atoms. The van der Waals surface area contributed by atoms with Crippen LogP contribution in [-0.2, 0) is 6.54 Å². The quantitative estimate of drug-likeness (QED) is 0.844. The van der Waals surface area contributed by atoms with Gasteiger partial charge >= 0.3 is 0 Å². The SMILES string of the molecule is O=C1c2ccccc2C(O)N1CCCCn1ccnc1. The first-order chi connectivity index (χ1) is 9.77. The molecule has 0 spiro atoms. The lowest BCUT2D eigenvalue weighted by molar-refractivity contribution is 0.0169. The van der Waals surface area contributed by atoms with E-state index in [0.29, 0.717) is 17.7 Å². The number of hydrogen-bond donors (Lipinski definition) is 1. The highest BCUT2D eigenvalue weighted by atomic mass is 16.3. The van der Waals surface area contributed by atoms with Crippen molar-refractivity contribution in [2.75, 3.05) is 6.54 Å². The fourth-order valence-electron chi connectivity index (χ4n) is 2.57. The summed E-state index contributed by atoms with van der Waals surface area (Å²) in [5, 5.41) is 10.2. The van der Waals surface area contributed by atoms with Gasteiger partial charge in [-0.15, -0.1) is 0 Å². The van der Waals surface area contributed by atoms with E-state index in [1.54, 1.807) is 23.5 Å². The third kappa shape index (κ3) is 2.32. The minimum absolute atomic E-state index is 0.0734. The number of aryl methyl sites for hydroxylation is 1. The van der Waals surface area contributed by atoms with Crippen molar-refractivity contribution in [2.45, 2.75) is 25.6 Å². The van der Waals surface area contributed by atoms with E-state index in [4.69, 9.17) is 0 Å². The fourth-order valence-corrected chi connectivity index (χ4v) is 2.57. The van der Waals surface area contributed by atoms with Crippen LogP contribution in [0.15, 0.2) is 43.0 Å². The second kappa shape index (κ2) is 5.46. The molecule has 0 saturated carbocycles. The van der Waals surface area contributed by atoms with Crippen molar-refractivity contribution in [3.05, 3.63) is 54.1 Å². The molecular weight excluding hydrogens is 254 g/mol. The van der Waals surface area contributed by atoms with E-state index in [1.165, 1.54) is 0 Å². The lowest BCUT2D eigenvalue weighted by Gasteiger charge is -2.20. The van der Waals surface area contributed by atoms with Crippen LogP contribution in [0.3, 0.4) is 0 Å². The Hall–Kier alpha value is -2.14. The third-order valence-electron chi connectivity index (χ3n) is 3.65. The van der Waals surface area contributed by atoms with Crippen LogP contribution in [0.25, 0.3) is 0 Å². The Labute approximate surface area is 117 Å². The van der Waals surface area contributed by atoms with E-state index < -0.39 is 6.23 Å². The Balaban J connectivity index is 1.55. The Morgan fingerprint density at radius 2 is 2.00 bits per heavy atom. The molecule has 1 amide bonds. The predicted octanol–water partition coefficient (Wildman–Crippen LogP) is 1.81. The number of imidazole rings is 1. The van der Waals surface area contributed by atoms with Gasteiger partial charge in [-0.25, -0.2) is 4.98 Å². The Morgan fingerprint density at radius 1 is 1.20 bits per heavy atom. The van der Waals surface area contributed by atoms with Crippen molar-refractivity contribution in [1.29, 1.82) is 0 Å². The van der Waals surface area contributed by atoms with Gasteiger partial charge < -0.3 is 14.6 Å². The van der Waals surface area contributed by atoms with Crippen LogP contribution in [-0.4, -0.2) is 32.0 Å². The largest absolute Gasteiger partial charge is 0.369 e. The highest BCUT2D eigenvalue weighted by Gasteiger charge is 2.34. The summed E-state index contributed by atoms with van der Waals surface area (Å²) in [6, 6.07) is 7.25. The molecule has 5 heteroatoms. The highest BCUT2D eigenvalue weighted by molar-refractivity contribution is 5.98. The smallest absolute Gasteiger partial charge is 0.256 e. The van der Waals surface area contributed by atoms with Crippen molar-refractivity contribution in [3.63, 3.8) is 0 Å². The Morgan fingerprint density at radius 3 is 2.75 bits per heavy atom. The van der Waals surface area contributed by atoms with Crippen molar-refractivity contribution in [1.82, 2.24) is 14.5 Å². The minimum atomic E-state index is -0.799. The molecule has 1 aliphatic heterocycles. The molecule has 1 N–H and O–H groups in total. The van der Waals surface area contributed by atoms with Gasteiger partial charge in [0.05, 0.1) is 6.33 Å². The molecule has 1 atom stereocenters. The average Bonchev–Trinajstić information content (AvgIpc) is 3.06. The predicted molar refractivity (Wildman–Crippen MR) is 73.9 cm³/mol. The molecule has 3 rings (SSSR count).